The Morgan fingerprint density at radius 2 is 1.71 bits per heavy atom. The molecule has 4 fully saturated rings. The molecule has 0 radical (unpaired) electrons. The fraction of sp³-hybridized carbons (Fsp3) is 0.479. The summed E-state index contributed by atoms with van der Waals surface area (Å²) in [5.41, 5.74) is 7.75. The molecule has 4 aromatic carbocycles. The van der Waals surface area contributed by atoms with Gasteiger partial charge in [0.2, 0.25) is 0 Å². The van der Waals surface area contributed by atoms with Crippen LogP contribution in [0.4, 0.5) is 0 Å². The molecule has 11 heteroatoms. The molecule has 14 bridgehead atoms. The Balaban J connectivity index is 1.00. The summed E-state index contributed by atoms with van der Waals surface area (Å²) in [6, 6.07) is 33.7. The highest BCUT2D eigenvalue weighted by Gasteiger charge is 2.73. The predicted octanol–water partition coefficient (Wildman–Crippen LogP) is 11.3. The maximum atomic E-state index is 15.8. The number of phenolic OH excluding ortho intramolecular Hbond substituents is 1. The fourth-order valence-electron chi connectivity index (χ4n) is 18.4. The highest BCUT2D eigenvalue weighted by molar-refractivity contribution is 6.08. The van der Waals surface area contributed by atoms with Crippen LogP contribution in [0.1, 0.15) is 131 Å². The van der Waals surface area contributed by atoms with Gasteiger partial charge >= 0.3 is 11.9 Å². The average molecular weight is 1130 g/mol. The maximum Gasteiger partial charge on any atom is 0.340 e. The van der Waals surface area contributed by atoms with Crippen molar-refractivity contribution in [2.24, 2.45) is 57.7 Å². The first-order valence-electron chi connectivity index (χ1n) is 31.6. The number of β-amino-alcohol motifs (C(OH)–C–C–N with tert-alkyl or cyclic N) is 1. The van der Waals surface area contributed by atoms with E-state index in [2.05, 4.69) is 137 Å². The van der Waals surface area contributed by atoms with Crippen molar-refractivity contribution >= 4 is 17.5 Å². The summed E-state index contributed by atoms with van der Waals surface area (Å²) in [6.45, 7) is 5.96. The van der Waals surface area contributed by atoms with Crippen molar-refractivity contribution in [1.82, 2.24) is 21.3 Å². The van der Waals surface area contributed by atoms with Crippen LogP contribution in [0.15, 0.2) is 150 Å². The summed E-state index contributed by atoms with van der Waals surface area (Å²) in [5, 5.41) is 50.0. The number of piperidine rings is 1. The lowest BCUT2D eigenvalue weighted by atomic mass is 9.38. The molecule has 6 heterocycles. The minimum absolute atomic E-state index is 0.0410. The number of cyclic esters (lactones) is 1. The molecule has 0 amide bonds. The van der Waals surface area contributed by atoms with Crippen molar-refractivity contribution in [1.29, 1.82) is 0 Å². The van der Waals surface area contributed by atoms with Gasteiger partial charge < -0.3 is 46.1 Å². The van der Waals surface area contributed by atoms with E-state index < -0.39 is 22.3 Å². The van der Waals surface area contributed by atoms with Crippen molar-refractivity contribution in [3.63, 3.8) is 0 Å². The van der Waals surface area contributed by atoms with E-state index in [1.54, 1.807) is 6.07 Å². The molecular weight excluding hydrogens is 1040 g/mol. The minimum Gasteiger partial charge on any atom is -0.508 e. The van der Waals surface area contributed by atoms with Crippen LogP contribution in [0.2, 0.25) is 0 Å². The number of allylic oxidation sites excluding steroid dienone is 6. The number of hydrogen-bond donors (Lipinski definition) is 7. The van der Waals surface area contributed by atoms with Gasteiger partial charge in [-0.05, 0) is 214 Å². The first kappa shape index (κ1) is 55.5. The van der Waals surface area contributed by atoms with E-state index in [1.165, 1.54) is 16.7 Å². The van der Waals surface area contributed by atoms with Gasteiger partial charge in [0.15, 0.2) is 0 Å². The van der Waals surface area contributed by atoms with Crippen molar-refractivity contribution in [2.75, 3.05) is 33.3 Å². The van der Waals surface area contributed by atoms with E-state index >= 15 is 9.59 Å². The monoisotopic (exact) mass is 1130 g/mol. The molecule has 436 valence electrons. The van der Waals surface area contributed by atoms with Gasteiger partial charge in [-0.15, -0.1) is 0 Å². The van der Waals surface area contributed by atoms with Gasteiger partial charge in [0.25, 0.3) is 0 Å². The van der Waals surface area contributed by atoms with Gasteiger partial charge in [-0.1, -0.05) is 110 Å². The summed E-state index contributed by atoms with van der Waals surface area (Å²) in [4.78, 5) is 31.4. The Morgan fingerprint density at radius 1 is 0.857 bits per heavy atom. The largest absolute Gasteiger partial charge is 0.508 e. The highest BCUT2D eigenvalue weighted by atomic mass is 16.6. The third-order valence-electron chi connectivity index (χ3n) is 22.3. The summed E-state index contributed by atoms with van der Waals surface area (Å²) < 4.78 is 13.8. The maximum absolute atomic E-state index is 15.8. The van der Waals surface area contributed by atoms with Gasteiger partial charge in [-0.3, -0.25) is 0 Å². The van der Waals surface area contributed by atoms with Crippen LogP contribution in [-0.4, -0.2) is 72.3 Å². The third-order valence-corrected chi connectivity index (χ3v) is 22.3. The van der Waals surface area contributed by atoms with Crippen LogP contribution < -0.4 is 21.3 Å². The quantitative estimate of drug-likeness (QED) is 0.0536. The van der Waals surface area contributed by atoms with Crippen molar-refractivity contribution in [3.05, 3.63) is 177 Å². The van der Waals surface area contributed by atoms with Crippen molar-refractivity contribution in [3.8, 4) is 28.7 Å². The molecule has 4 aromatic rings. The Bertz CT molecular complexity index is 3510. The number of carbonyl (C=O) groups excluding carboxylic acids is 2. The number of esters is 2. The number of phenols is 1. The highest BCUT2D eigenvalue weighted by Crippen LogP contribution is 2.77. The van der Waals surface area contributed by atoms with E-state index in [1.807, 2.05) is 32.2 Å². The molecule has 14 atom stereocenters. The van der Waals surface area contributed by atoms with E-state index in [0.717, 1.165) is 97.7 Å². The number of benzene rings is 4. The van der Waals surface area contributed by atoms with E-state index in [9.17, 15) is 15.3 Å². The minimum atomic E-state index is -1.09. The van der Waals surface area contributed by atoms with E-state index in [0.29, 0.717) is 73.8 Å². The molecule has 12 aliphatic rings. The molecule has 16 rings (SSSR count). The van der Waals surface area contributed by atoms with Crippen LogP contribution in [0.5, 0.6) is 5.75 Å². The van der Waals surface area contributed by atoms with Gasteiger partial charge in [-0.25, -0.2) is 9.59 Å². The van der Waals surface area contributed by atoms with Crippen molar-refractivity contribution < 1.29 is 34.4 Å². The normalized spacial score (nSPS) is 35.8. The van der Waals surface area contributed by atoms with Crippen LogP contribution >= 0.6 is 0 Å². The number of hydrogen-bond acceptors (Lipinski definition) is 11. The van der Waals surface area contributed by atoms with Gasteiger partial charge in [0.1, 0.15) is 17.3 Å². The second kappa shape index (κ2) is 21.9. The SMILES string of the molecule is CCC(C=C1OC(=O)C2=C3c4cc(O)ccc4-c4cccc(c4)C4C=CC56CCC7=C(C(=O)OC7=CCC7(C8CCNC(NC)C8)CC8CC(CO)C#CCC(C)(O)CNC(c9cccc(c9)CCN4)C8C7)C5C12CCC36)Cc1ccccc1. The average Bonchev–Trinajstić information content (AvgIpc) is 1.30. The number of aromatic hydroxyl groups is 1. The summed E-state index contributed by atoms with van der Waals surface area (Å²) in [5.74, 6) is 7.28. The molecule has 11 nitrogen and oxygen atoms in total. The Morgan fingerprint density at radius 3 is 2.56 bits per heavy atom. The second-order valence-corrected chi connectivity index (χ2v) is 27.1. The standard InChI is InChI=1S/C73H82N4O7/c1-4-44(33-45-11-6-5-7-12-45)36-61-73-30-21-58-63(65(73)69(81)84-61)56-39-53(79)18-19-54(56)48-15-9-16-49(37-48)59-22-29-72(58)28-20-55-60(83-68(80)64(55)67(72)73)23-27-71(52-25-32-76-62(38-52)74-3)40-51-35-47(42-78)14-10-26-70(2,82)43-77-66(57(51)41-71)50-17-8-13-46(34-50)24-31-75-59/h5-9,11-13,15-19,22-23,29,34,36-37,39,44,47,51-52,57-59,62,66-67,74-79,82H,4,20-21,24-28,30-33,35,38,40-43H2,1-3H3. The molecule has 2 saturated heterocycles. The number of rotatable bonds is 7. The molecule has 2 spiro atoms. The molecule has 84 heavy (non-hydrogen) atoms. The first-order chi connectivity index (χ1) is 40.8. The van der Waals surface area contributed by atoms with Crippen molar-refractivity contribution in [2.45, 2.75) is 128 Å². The Labute approximate surface area is 495 Å². The summed E-state index contributed by atoms with van der Waals surface area (Å²) in [6.07, 6.45) is 20.1. The number of ether oxygens (including phenoxy) is 2. The van der Waals surface area contributed by atoms with Crippen LogP contribution in [0.25, 0.3) is 16.7 Å². The molecular formula is C73H82N4O7. The van der Waals surface area contributed by atoms with Gasteiger partial charge in [0, 0.05) is 53.9 Å². The molecule has 0 aromatic heterocycles. The lowest BCUT2D eigenvalue weighted by molar-refractivity contribution is -0.135. The summed E-state index contributed by atoms with van der Waals surface area (Å²) in [7, 11) is 2.04. The topological polar surface area (TPSA) is 161 Å². The lowest BCUT2D eigenvalue weighted by Gasteiger charge is -2.62. The zero-order valence-electron chi connectivity index (χ0n) is 49.0. The van der Waals surface area contributed by atoms with Crippen LogP contribution in [0, 0.1) is 69.5 Å². The van der Waals surface area contributed by atoms with E-state index in [-0.39, 0.29) is 77.5 Å². The number of aliphatic hydroxyl groups excluding tert-OH is 1. The summed E-state index contributed by atoms with van der Waals surface area (Å²) >= 11 is 0. The van der Waals surface area contributed by atoms with Gasteiger partial charge in [0.05, 0.1) is 35.4 Å². The molecule has 14 unspecified atom stereocenters. The van der Waals surface area contributed by atoms with Gasteiger partial charge in [-0.2, -0.15) is 0 Å². The second-order valence-electron chi connectivity index (χ2n) is 27.1. The molecule has 6 aliphatic carbocycles. The predicted molar refractivity (Wildman–Crippen MR) is 326 cm³/mol. The molecule has 7 N–H and O–H groups in total. The number of nitrogens with one attached hydrogen (secondary N) is 4. The Hall–Kier alpha value is -6.36. The fourth-order valence-corrected chi connectivity index (χ4v) is 18.4. The smallest absolute Gasteiger partial charge is 0.340 e. The number of aliphatic hydroxyl groups is 2. The molecule has 2 saturated carbocycles. The van der Waals surface area contributed by atoms with E-state index in [4.69, 9.17) is 9.47 Å². The number of carbonyl (C=O) groups is 2. The molecule has 6 aliphatic heterocycles. The zero-order valence-corrected chi connectivity index (χ0v) is 49.0. The lowest BCUT2D eigenvalue weighted by Crippen LogP contribution is -2.58. The van der Waals surface area contributed by atoms with Crippen LogP contribution in [0.3, 0.4) is 0 Å². The Kier molecular flexibility index (Phi) is 14.4. The zero-order chi connectivity index (χ0) is 57.5. The first-order valence-corrected chi connectivity index (χ1v) is 31.6. The third kappa shape index (κ3) is 9.41. The number of fused-ring (bicyclic) bond motifs is 9. The van der Waals surface area contributed by atoms with Crippen LogP contribution in [-0.2, 0) is 31.9 Å².